The van der Waals surface area contributed by atoms with Gasteiger partial charge in [0.05, 0.1) is 18.4 Å². The fourth-order valence-corrected chi connectivity index (χ4v) is 3.54. The van der Waals surface area contributed by atoms with Crippen LogP contribution in [0.3, 0.4) is 0 Å². The van der Waals surface area contributed by atoms with Gasteiger partial charge in [-0.15, -0.1) is 10.2 Å². The third-order valence-electron chi connectivity index (χ3n) is 4.70. The predicted octanol–water partition coefficient (Wildman–Crippen LogP) is 1.98. The number of benzene rings is 1. The molecule has 4 N–H and O–H groups in total. The highest BCUT2D eigenvalue weighted by molar-refractivity contribution is 6.14. The molecule has 0 fully saturated rings. The second kappa shape index (κ2) is 5.48. The van der Waals surface area contributed by atoms with Crippen LogP contribution >= 0.6 is 0 Å². The zero-order chi connectivity index (χ0) is 18.6. The van der Waals surface area contributed by atoms with Crippen LogP contribution in [-0.4, -0.2) is 32.2 Å². The number of nitrogens with zero attached hydrogens (tertiary/aromatic N) is 4. The Bertz CT molecular complexity index is 1190. The van der Waals surface area contributed by atoms with Crippen LogP contribution in [0.5, 0.6) is 5.75 Å². The summed E-state index contributed by atoms with van der Waals surface area (Å²) in [4.78, 5) is 12.1. The fraction of sp³-hybridized carbons (Fsp3) is 0.167. The molecule has 0 saturated heterocycles. The van der Waals surface area contributed by atoms with E-state index in [1.54, 1.807) is 30.1 Å². The van der Waals surface area contributed by atoms with E-state index in [0.29, 0.717) is 16.6 Å². The quantitative estimate of drug-likeness (QED) is 0.586. The van der Waals surface area contributed by atoms with E-state index in [1.165, 1.54) is 0 Å². The highest BCUT2D eigenvalue weighted by atomic mass is 16.5. The van der Waals surface area contributed by atoms with E-state index in [4.69, 9.17) is 16.2 Å². The number of methoxy groups -OCH3 is 1. The molecule has 0 aliphatic carbocycles. The molecule has 26 heavy (non-hydrogen) atoms. The first-order valence-electron chi connectivity index (χ1n) is 8.02. The number of nitrogen functional groups attached to an aromatic ring is 1. The van der Waals surface area contributed by atoms with Crippen LogP contribution in [0.1, 0.15) is 21.5 Å². The van der Waals surface area contributed by atoms with Gasteiger partial charge in [-0.1, -0.05) is 6.07 Å². The van der Waals surface area contributed by atoms with Gasteiger partial charge in [0.25, 0.3) is 5.91 Å². The third-order valence-corrected chi connectivity index (χ3v) is 4.70. The van der Waals surface area contributed by atoms with Gasteiger partial charge in [-0.05, 0) is 31.5 Å². The van der Waals surface area contributed by atoms with Crippen molar-refractivity contribution in [2.24, 2.45) is 5.73 Å². The molecule has 0 bridgehead atoms. The molecule has 0 unspecified atom stereocenters. The van der Waals surface area contributed by atoms with Crippen molar-refractivity contribution in [3.8, 4) is 11.4 Å². The lowest BCUT2D eigenvalue weighted by Gasteiger charge is -2.17. The first-order chi connectivity index (χ1) is 12.5. The minimum absolute atomic E-state index is 0.267. The molecule has 4 rings (SSSR count). The van der Waals surface area contributed by atoms with Gasteiger partial charge in [0.2, 0.25) is 0 Å². The maximum absolute atomic E-state index is 12.1. The lowest BCUT2D eigenvalue weighted by Crippen LogP contribution is -2.14. The maximum atomic E-state index is 12.1. The summed E-state index contributed by atoms with van der Waals surface area (Å²) in [6, 6.07) is 5.64. The molecule has 3 aromatic heterocycles. The lowest BCUT2D eigenvalue weighted by molar-refractivity contribution is 0.100. The van der Waals surface area contributed by atoms with Gasteiger partial charge < -0.3 is 16.2 Å². The normalized spacial score (nSPS) is 11.3. The molecule has 4 aromatic rings. The Labute approximate surface area is 149 Å². The molecule has 0 saturated carbocycles. The largest absolute Gasteiger partial charge is 0.496 e. The molecule has 8 heteroatoms. The summed E-state index contributed by atoms with van der Waals surface area (Å²) in [5.74, 6) is 0.400. The number of ether oxygens (including phenoxy) is 1. The predicted molar refractivity (Wildman–Crippen MR) is 98.8 cm³/mol. The summed E-state index contributed by atoms with van der Waals surface area (Å²) in [5, 5.41) is 8.80. The number of hydrogen-bond acceptors (Lipinski definition) is 5. The average molecular weight is 350 g/mol. The summed E-state index contributed by atoms with van der Waals surface area (Å²) >= 11 is 0. The number of aromatic nitrogens is 4. The van der Waals surface area contributed by atoms with Crippen molar-refractivity contribution in [3.63, 3.8) is 0 Å². The van der Waals surface area contributed by atoms with Crippen molar-refractivity contribution < 1.29 is 9.53 Å². The Hall–Kier alpha value is -3.55. The van der Waals surface area contributed by atoms with Crippen molar-refractivity contribution in [1.82, 2.24) is 19.2 Å². The zero-order valence-corrected chi connectivity index (χ0v) is 14.6. The SMILES string of the molecule is COc1ccc(C)c(-n2c(N)c(C(N)=O)c3ccn4cnnc4c32)c1C. The monoisotopic (exact) mass is 350 g/mol. The first-order valence-corrected chi connectivity index (χ1v) is 8.02. The highest BCUT2D eigenvalue weighted by Gasteiger charge is 2.25. The van der Waals surface area contributed by atoms with Crippen molar-refractivity contribution >= 4 is 28.3 Å². The molecule has 1 amide bonds. The minimum Gasteiger partial charge on any atom is -0.496 e. The summed E-state index contributed by atoms with van der Waals surface area (Å²) in [7, 11) is 1.62. The molecule has 132 valence electrons. The number of carbonyl (C=O) groups is 1. The van der Waals surface area contributed by atoms with Gasteiger partial charge >= 0.3 is 0 Å². The summed E-state index contributed by atoms with van der Waals surface area (Å²) in [6.45, 7) is 3.92. The maximum Gasteiger partial charge on any atom is 0.253 e. The molecule has 0 radical (unpaired) electrons. The summed E-state index contributed by atoms with van der Waals surface area (Å²) in [5.41, 5.74) is 16.3. The third kappa shape index (κ3) is 1.98. The fourth-order valence-electron chi connectivity index (χ4n) is 3.54. The number of fused-ring (bicyclic) bond motifs is 3. The van der Waals surface area contributed by atoms with Crippen LogP contribution < -0.4 is 16.2 Å². The highest BCUT2D eigenvalue weighted by Crippen LogP contribution is 2.37. The second-order valence-electron chi connectivity index (χ2n) is 6.16. The number of amides is 1. The van der Waals surface area contributed by atoms with E-state index in [9.17, 15) is 4.79 Å². The first kappa shape index (κ1) is 15.9. The van der Waals surface area contributed by atoms with Crippen LogP contribution in [0.2, 0.25) is 0 Å². The molecule has 0 spiro atoms. The molecule has 0 aliphatic rings. The van der Waals surface area contributed by atoms with E-state index >= 15 is 0 Å². The number of rotatable bonds is 3. The van der Waals surface area contributed by atoms with E-state index in [2.05, 4.69) is 10.2 Å². The van der Waals surface area contributed by atoms with Crippen molar-refractivity contribution in [2.75, 3.05) is 12.8 Å². The average Bonchev–Trinajstić information content (AvgIpc) is 3.17. The standard InChI is InChI=1S/C18H18N6O2/c1-9-4-5-12(26-3)10(2)14(9)24-15-11(13(16(24)19)17(20)25)6-7-23-8-21-22-18(15)23/h4-8H,19H2,1-3H3,(H2,20,25). The minimum atomic E-state index is -0.590. The van der Waals surface area contributed by atoms with Crippen LogP contribution in [0.25, 0.3) is 22.2 Å². The van der Waals surface area contributed by atoms with E-state index in [1.807, 2.05) is 30.5 Å². The summed E-state index contributed by atoms with van der Waals surface area (Å²) < 4.78 is 9.05. The van der Waals surface area contributed by atoms with E-state index in [0.717, 1.165) is 22.6 Å². The number of primary amides is 1. The van der Waals surface area contributed by atoms with Crippen LogP contribution in [0, 0.1) is 13.8 Å². The molecule has 1 aromatic carbocycles. The Kier molecular flexibility index (Phi) is 3.36. The lowest BCUT2D eigenvalue weighted by atomic mass is 10.1. The number of pyridine rings is 1. The van der Waals surface area contributed by atoms with Crippen molar-refractivity contribution in [2.45, 2.75) is 13.8 Å². The van der Waals surface area contributed by atoms with Gasteiger partial charge in [-0.25, -0.2) is 0 Å². The van der Waals surface area contributed by atoms with Crippen LogP contribution in [-0.2, 0) is 0 Å². The molecular formula is C18H18N6O2. The number of hydrogen-bond donors (Lipinski definition) is 2. The molecule has 3 heterocycles. The second-order valence-corrected chi connectivity index (χ2v) is 6.16. The van der Waals surface area contributed by atoms with Crippen molar-refractivity contribution in [1.29, 1.82) is 0 Å². The Balaban J connectivity index is 2.26. The topological polar surface area (TPSA) is 113 Å². The zero-order valence-electron chi connectivity index (χ0n) is 14.6. The number of nitrogens with two attached hydrogens (primary N) is 2. The Morgan fingerprint density at radius 3 is 2.69 bits per heavy atom. The molecule has 8 nitrogen and oxygen atoms in total. The van der Waals surface area contributed by atoms with Crippen LogP contribution in [0.15, 0.2) is 30.7 Å². The Morgan fingerprint density at radius 2 is 2.00 bits per heavy atom. The molecule has 0 aliphatic heterocycles. The van der Waals surface area contributed by atoms with E-state index < -0.39 is 5.91 Å². The van der Waals surface area contributed by atoms with Crippen LogP contribution in [0.4, 0.5) is 5.82 Å². The van der Waals surface area contributed by atoms with Gasteiger partial charge in [0, 0.05) is 17.1 Å². The number of anilines is 1. The van der Waals surface area contributed by atoms with Gasteiger partial charge in [-0.3, -0.25) is 13.8 Å². The smallest absolute Gasteiger partial charge is 0.253 e. The number of aryl methyl sites for hydroxylation is 1. The summed E-state index contributed by atoms with van der Waals surface area (Å²) in [6.07, 6.45) is 3.37. The molecular weight excluding hydrogens is 332 g/mol. The molecule has 0 atom stereocenters. The van der Waals surface area contributed by atoms with Crippen molar-refractivity contribution in [3.05, 3.63) is 47.4 Å². The number of carbonyl (C=O) groups excluding carboxylic acids is 1. The van der Waals surface area contributed by atoms with Gasteiger partial charge in [-0.2, -0.15) is 0 Å². The van der Waals surface area contributed by atoms with Gasteiger partial charge in [0.1, 0.15) is 23.4 Å². The van der Waals surface area contributed by atoms with Gasteiger partial charge in [0.15, 0.2) is 5.65 Å². The Morgan fingerprint density at radius 1 is 1.23 bits per heavy atom. The van der Waals surface area contributed by atoms with E-state index in [-0.39, 0.29) is 11.4 Å².